The van der Waals surface area contributed by atoms with Crippen LogP contribution in [0.2, 0.25) is 0 Å². The number of likely N-dealkylation sites (tertiary alicyclic amines) is 1. The smallest absolute Gasteiger partial charge is 0.293 e. The molecule has 4 N–H and O–H groups in total. The number of aliphatic hydroxyl groups is 1. The first-order valence-electron chi connectivity index (χ1n) is 7.16. The summed E-state index contributed by atoms with van der Waals surface area (Å²) in [6.07, 6.45) is 1.61. The van der Waals surface area contributed by atoms with Gasteiger partial charge >= 0.3 is 0 Å². The first kappa shape index (κ1) is 15.7. The van der Waals surface area contributed by atoms with E-state index in [2.05, 4.69) is 10.3 Å². The van der Waals surface area contributed by atoms with E-state index in [-0.39, 0.29) is 11.8 Å². The summed E-state index contributed by atoms with van der Waals surface area (Å²) < 4.78 is 0. The Balaban J connectivity index is 2.07. The van der Waals surface area contributed by atoms with Crippen molar-refractivity contribution in [3.63, 3.8) is 0 Å². The van der Waals surface area contributed by atoms with Crippen LogP contribution in [0.25, 0.3) is 0 Å². The van der Waals surface area contributed by atoms with Crippen molar-refractivity contribution in [3.05, 3.63) is 33.9 Å². The molecule has 1 heterocycles. The number of nitro groups is 1. The SMILES string of the molecule is CC(O)C1CCN(Cc2cccc([N+](=O)[O-])c2NN)CC1. The van der Waals surface area contributed by atoms with Crippen molar-refractivity contribution >= 4 is 11.4 Å². The standard InChI is InChI=1S/C14H22N4O3/c1-10(19)11-5-7-17(8-6-11)9-12-3-2-4-13(18(20)21)14(12)16-15/h2-4,10-11,16,19H,5-9,15H2,1H3. The number of nitrogens with two attached hydrogens (primary N) is 1. The van der Waals surface area contributed by atoms with Crippen LogP contribution in [-0.2, 0) is 6.54 Å². The van der Waals surface area contributed by atoms with Crippen LogP contribution in [0.3, 0.4) is 0 Å². The number of para-hydroxylation sites is 1. The summed E-state index contributed by atoms with van der Waals surface area (Å²) >= 11 is 0. The maximum absolute atomic E-state index is 11.0. The number of aliphatic hydroxyl groups excluding tert-OH is 1. The number of piperidine rings is 1. The number of anilines is 1. The van der Waals surface area contributed by atoms with Gasteiger partial charge in [0, 0.05) is 12.6 Å². The van der Waals surface area contributed by atoms with E-state index in [1.165, 1.54) is 6.07 Å². The molecule has 1 aromatic rings. The second kappa shape index (κ2) is 6.84. The fourth-order valence-electron chi connectivity index (χ4n) is 2.87. The highest BCUT2D eigenvalue weighted by Crippen LogP contribution is 2.29. The molecule has 0 aromatic heterocycles. The molecule has 1 atom stereocenters. The predicted molar refractivity (Wildman–Crippen MR) is 80.6 cm³/mol. The second-order valence-electron chi connectivity index (χ2n) is 5.57. The Morgan fingerprint density at radius 1 is 1.52 bits per heavy atom. The van der Waals surface area contributed by atoms with E-state index in [1.807, 2.05) is 13.0 Å². The third-order valence-electron chi connectivity index (χ3n) is 4.18. The first-order valence-corrected chi connectivity index (χ1v) is 7.16. The summed E-state index contributed by atoms with van der Waals surface area (Å²) in [6.45, 7) is 4.20. The number of hydrogen-bond acceptors (Lipinski definition) is 6. The molecular weight excluding hydrogens is 272 g/mol. The van der Waals surface area contributed by atoms with Gasteiger partial charge in [-0.3, -0.25) is 20.9 Å². The maximum Gasteiger partial charge on any atom is 0.293 e. The molecule has 0 aliphatic carbocycles. The summed E-state index contributed by atoms with van der Waals surface area (Å²) in [5, 5.41) is 20.6. The van der Waals surface area contributed by atoms with Gasteiger partial charge in [0.1, 0.15) is 5.69 Å². The van der Waals surface area contributed by atoms with E-state index in [0.29, 0.717) is 18.2 Å². The van der Waals surface area contributed by atoms with Crippen molar-refractivity contribution in [1.29, 1.82) is 0 Å². The quantitative estimate of drug-likeness (QED) is 0.431. The number of nitrogens with zero attached hydrogens (tertiary/aromatic N) is 2. The molecule has 0 radical (unpaired) electrons. The summed E-state index contributed by atoms with van der Waals surface area (Å²) in [7, 11) is 0. The lowest BCUT2D eigenvalue weighted by molar-refractivity contribution is -0.384. The molecule has 7 nitrogen and oxygen atoms in total. The van der Waals surface area contributed by atoms with Crippen LogP contribution in [0.5, 0.6) is 0 Å². The topological polar surface area (TPSA) is 105 Å². The Labute approximate surface area is 123 Å². The summed E-state index contributed by atoms with van der Waals surface area (Å²) in [5.74, 6) is 5.80. The molecule has 1 unspecified atom stereocenters. The normalized spacial score (nSPS) is 18.4. The van der Waals surface area contributed by atoms with E-state index in [1.54, 1.807) is 6.07 Å². The predicted octanol–water partition coefficient (Wildman–Crippen LogP) is 1.47. The highest BCUT2D eigenvalue weighted by atomic mass is 16.6. The van der Waals surface area contributed by atoms with Gasteiger partial charge in [-0.1, -0.05) is 12.1 Å². The Morgan fingerprint density at radius 2 is 2.19 bits per heavy atom. The van der Waals surface area contributed by atoms with E-state index >= 15 is 0 Å². The molecule has 1 aliphatic rings. The van der Waals surface area contributed by atoms with E-state index in [0.717, 1.165) is 31.5 Å². The number of hydrazine groups is 1. The van der Waals surface area contributed by atoms with Gasteiger partial charge in [0.15, 0.2) is 0 Å². The van der Waals surface area contributed by atoms with E-state index in [4.69, 9.17) is 5.84 Å². The number of hydrogen-bond donors (Lipinski definition) is 3. The maximum atomic E-state index is 11.0. The summed E-state index contributed by atoms with van der Waals surface area (Å²) in [4.78, 5) is 12.8. The Kier molecular flexibility index (Phi) is 5.11. The molecule has 1 fully saturated rings. The molecule has 21 heavy (non-hydrogen) atoms. The van der Waals surface area contributed by atoms with Gasteiger partial charge in [-0.25, -0.2) is 0 Å². The molecule has 1 aliphatic heterocycles. The first-order chi connectivity index (χ1) is 10.0. The molecule has 116 valence electrons. The Bertz CT molecular complexity index is 499. The highest BCUT2D eigenvalue weighted by molar-refractivity contribution is 5.65. The zero-order valence-corrected chi connectivity index (χ0v) is 12.2. The lowest BCUT2D eigenvalue weighted by atomic mass is 9.92. The zero-order valence-electron chi connectivity index (χ0n) is 12.2. The summed E-state index contributed by atoms with van der Waals surface area (Å²) in [5.41, 5.74) is 3.64. The Morgan fingerprint density at radius 3 is 2.71 bits per heavy atom. The van der Waals surface area contributed by atoms with Crippen LogP contribution >= 0.6 is 0 Å². The van der Waals surface area contributed by atoms with Crippen LogP contribution in [0, 0.1) is 16.0 Å². The van der Waals surface area contributed by atoms with Gasteiger partial charge in [0.2, 0.25) is 0 Å². The fraction of sp³-hybridized carbons (Fsp3) is 0.571. The van der Waals surface area contributed by atoms with Gasteiger partial charge < -0.3 is 10.5 Å². The largest absolute Gasteiger partial charge is 0.393 e. The molecule has 1 saturated heterocycles. The number of nitro benzene ring substituents is 1. The molecule has 0 spiro atoms. The van der Waals surface area contributed by atoms with E-state index in [9.17, 15) is 15.2 Å². The van der Waals surface area contributed by atoms with Crippen molar-refractivity contribution in [2.24, 2.45) is 11.8 Å². The summed E-state index contributed by atoms with van der Waals surface area (Å²) in [6, 6.07) is 4.97. The van der Waals surface area contributed by atoms with Gasteiger partial charge in [0.25, 0.3) is 5.69 Å². The van der Waals surface area contributed by atoms with Crippen molar-refractivity contribution in [2.75, 3.05) is 18.5 Å². The minimum absolute atomic E-state index is 0.00568. The molecule has 0 saturated carbocycles. The average Bonchev–Trinajstić information content (AvgIpc) is 2.47. The lowest BCUT2D eigenvalue weighted by Crippen LogP contribution is -2.36. The van der Waals surface area contributed by atoms with Crippen molar-refractivity contribution in [1.82, 2.24) is 4.90 Å². The van der Waals surface area contributed by atoms with Crippen molar-refractivity contribution in [2.45, 2.75) is 32.4 Å². The van der Waals surface area contributed by atoms with Crippen molar-refractivity contribution in [3.8, 4) is 0 Å². The molecule has 1 aromatic carbocycles. The van der Waals surface area contributed by atoms with Crippen LogP contribution < -0.4 is 11.3 Å². The third kappa shape index (κ3) is 3.69. The van der Waals surface area contributed by atoms with Gasteiger partial charge in [-0.2, -0.15) is 0 Å². The van der Waals surface area contributed by atoms with E-state index < -0.39 is 4.92 Å². The third-order valence-corrected chi connectivity index (χ3v) is 4.18. The van der Waals surface area contributed by atoms with Gasteiger partial charge in [0.05, 0.1) is 11.0 Å². The zero-order chi connectivity index (χ0) is 15.4. The number of rotatable bonds is 5. The Hall–Kier alpha value is -1.70. The molecule has 7 heteroatoms. The van der Waals surface area contributed by atoms with Crippen LogP contribution in [-0.4, -0.2) is 34.1 Å². The minimum Gasteiger partial charge on any atom is -0.393 e. The van der Waals surface area contributed by atoms with Crippen LogP contribution in [0.1, 0.15) is 25.3 Å². The van der Waals surface area contributed by atoms with Crippen molar-refractivity contribution < 1.29 is 10.0 Å². The fourth-order valence-corrected chi connectivity index (χ4v) is 2.87. The van der Waals surface area contributed by atoms with Gasteiger partial charge in [-0.05, 0) is 44.3 Å². The average molecular weight is 294 g/mol. The number of nitrogens with one attached hydrogen (secondary N) is 1. The molecule has 0 amide bonds. The second-order valence-corrected chi connectivity index (χ2v) is 5.57. The lowest BCUT2D eigenvalue weighted by Gasteiger charge is -2.33. The monoisotopic (exact) mass is 294 g/mol. The highest BCUT2D eigenvalue weighted by Gasteiger charge is 2.24. The molecule has 2 rings (SSSR count). The minimum atomic E-state index is -0.432. The number of nitrogen functional groups attached to an aromatic ring is 1. The molecule has 0 bridgehead atoms. The molecular formula is C14H22N4O3. The number of benzene rings is 1. The van der Waals surface area contributed by atoms with Gasteiger partial charge in [-0.15, -0.1) is 0 Å². The van der Waals surface area contributed by atoms with Crippen LogP contribution in [0.4, 0.5) is 11.4 Å². The van der Waals surface area contributed by atoms with Crippen LogP contribution in [0.15, 0.2) is 18.2 Å².